The van der Waals surface area contributed by atoms with Gasteiger partial charge >= 0.3 is 0 Å². The highest BCUT2D eigenvalue weighted by molar-refractivity contribution is 7.99. The molecule has 1 aliphatic carbocycles. The van der Waals surface area contributed by atoms with Crippen LogP contribution >= 0.6 is 11.8 Å². The molecule has 1 aromatic rings. The van der Waals surface area contributed by atoms with Crippen molar-refractivity contribution < 1.29 is 12.8 Å². The van der Waals surface area contributed by atoms with Gasteiger partial charge in [-0.05, 0) is 50.1 Å². The number of nitrogens with one attached hydrogen (secondary N) is 1. The van der Waals surface area contributed by atoms with Crippen LogP contribution in [0.3, 0.4) is 0 Å². The van der Waals surface area contributed by atoms with Crippen LogP contribution in [0.25, 0.3) is 0 Å². The second-order valence-corrected chi connectivity index (χ2v) is 7.90. The molecule has 4 nitrogen and oxygen atoms in total. The first-order valence-electron chi connectivity index (χ1n) is 6.52. The van der Waals surface area contributed by atoms with E-state index >= 15 is 0 Å². The fourth-order valence-electron chi connectivity index (χ4n) is 2.44. The number of halogens is 1. The molecule has 0 saturated heterocycles. The van der Waals surface area contributed by atoms with E-state index in [1.54, 1.807) is 0 Å². The average molecular weight is 318 g/mol. The molecule has 112 valence electrons. The molecule has 0 amide bonds. The summed E-state index contributed by atoms with van der Waals surface area (Å²) in [5.74, 6) is -0.642. The van der Waals surface area contributed by atoms with Gasteiger partial charge in [0.05, 0.1) is 4.90 Å². The molecule has 1 fully saturated rings. The highest BCUT2D eigenvalue weighted by atomic mass is 32.2. The topological polar surface area (TPSA) is 72.2 Å². The van der Waals surface area contributed by atoms with Crippen molar-refractivity contribution in [1.29, 1.82) is 0 Å². The van der Waals surface area contributed by atoms with Crippen LogP contribution in [-0.2, 0) is 10.0 Å². The lowest BCUT2D eigenvalue weighted by molar-refractivity contribution is 0.420. The zero-order chi connectivity index (χ0) is 14.8. The van der Waals surface area contributed by atoms with E-state index in [4.69, 9.17) is 5.73 Å². The maximum absolute atomic E-state index is 13.3. The van der Waals surface area contributed by atoms with E-state index in [0.29, 0.717) is 5.25 Å². The number of hydrogen-bond donors (Lipinski definition) is 2. The number of sulfonamides is 1. The van der Waals surface area contributed by atoms with E-state index in [1.807, 2.05) is 11.8 Å². The normalized spacial score (nSPS) is 23.7. The summed E-state index contributed by atoms with van der Waals surface area (Å²) >= 11 is 1.82. The number of nitrogen functional groups attached to an aromatic ring is 1. The molecule has 3 N–H and O–H groups in total. The Labute approximate surface area is 123 Å². The number of nitrogens with two attached hydrogens (primary N) is 1. The van der Waals surface area contributed by atoms with Gasteiger partial charge in [-0.1, -0.05) is 0 Å². The Hall–Kier alpha value is -0.790. The smallest absolute Gasteiger partial charge is 0.240 e. The van der Waals surface area contributed by atoms with E-state index in [9.17, 15) is 12.8 Å². The minimum Gasteiger partial charge on any atom is -0.399 e. The highest BCUT2D eigenvalue weighted by Gasteiger charge is 2.25. The molecule has 20 heavy (non-hydrogen) atoms. The lowest BCUT2D eigenvalue weighted by Gasteiger charge is -2.27. The Bertz CT molecular complexity index is 549. The van der Waals surface area contributed by atoms with Crippen molar-refractivity contribution >= 4 is 27.5 Å². The number of rotatable bonds is 4. The highest BCUT2D eigenvalue weighted by Crippen LogP contribution is 2.28. The van der Waals surface area contributed by atoms with Crippen molar-refractivity contribution in [3.05, 3.63) is 24.0 Å². The van der Waals surface area contributed by atoms with Gasteiger partial charge in [0.2, 0.25) is 10.0 Å². The molecule has 0 aliphatic heterocycles. The third kappa shape index (κ3) is 3.86. The van der Waals surface area contributed by atoms with Crippen molar-refractivity contribution in [1.82, 2.24) is 4.72 Å². The second kappa shape index (κ2) is 6.32. The quantitative estimate of drug-likeness (QED) is 0.836. The first-order valence-corrected chi connectivity index (χ1v) is 9.29. The largest absolute Gasteiger partial charge is 0.399 e. The minimum absolute atomic E-state index is 0.0760. The third-order valence-electron chi connectivity index (χ3n) is 3.53. The SMILES string of the molecule is CSC1CCC(NS(=O)(=O)c2cc(N)cc(F)c2)CC1. The standard InChI is InChI=1S/C13H19FN2O2S2/c1-19-12-4-2-11(3-5-12)16-20(17,18)13-7-9(14)6-10(15)8-13/h6-8,11-12,16H,2-5,15H2,1H3. The van der Waals surface area contributed by atoms with Gasteiger partial charge in [0, 0.05) is 17.0 Å². The summed E-state index contributed by atoms with van der Waals surface area (Å²) in [5, 5.41) is 0.612. The maximum atomic E-state index is 13.3. The fraction of sp³-hybridized carbons (Fsp3) is 0.538. The molecule has 1 saturated carbocycles. The van der Waals surface area contributed by atoms with Gasteiger partial charge in [0.25, 0.3) is 0 Å². The summed E-state index contributed by atoms with van der Waals surface area (Å²) in [7, 11) is -3.71. The van der Waals surface area contributed by atoms with Gasteiger partial charge in [0.1, 0.15) is 5.82 Å². The lowest BCUT2D eigenvalue weighted by atomic mass is 9.96. The number of anilines is 1. The summed E-state index contributed by atoms with van der Waals surface area (Å²) in [6.45, 7) is 0. The van der Waals surface area contributed by atoms with Crippen LogP contribution in [0, 0.1) is 5.82 Å². The molecule has 0 spiro atoms. The van der Waals surface area contributed by atoms with Gasteiger partial charge in [-0.2, -0.15) is 11.8 Å². The van der Waals surface area contributed by atoms with Crippen LogP contribution in [0.1, 0.15) is 25.7 Å². The number of hydrogen-bond acceptors (Lipinski definition) is 4. The van der Waals surface area contributed by atoms with Crippen molar-refractivity contribution in [3.63, 3.8) is 0 Å². The predicted octanol–water partition coefficient (Wildman–Crippen LogP) is 2.36. The summed E-state index contributed by atoms with van der Waals surface area (Å²) in [6, 6.07) is 3.29. The molecule has 0 atom stereocenters. The monoisotopic (exact) mass is 318 g/mol. The molecular formula is C13H19FN2O2S2. The Morgan fingerprint density at radius 2 is 1.90 bits per heavy atom. The molecule has 0 unspecified atom stereocenters. The van der Waals surface area contributed by atoms with E-state index in [0.717, 1.165) is 37.8 Å². The fourth-order valence-corrected chi connectivity index (χ4v) is 4.56. The zero-order valence-corrected chi connectivity index (χ0v) is 12.9. The maximum Gasteiger partial charge on any atom is 0.240 e. The van der Waals surface area contributed by atoms with Gasteiger partial charge in [-0.25, -0.2) is 17.5 Å². The Morgan fingerprint density at radius 3 is 2.45 bits per heavy atom. The molecular weight excluding hydrogens is 299 g/mol. The van der Waals surface area contributed by atoms with E-state index < -0.39 is 15.8 Å². The first-order chi connectivity index (χ1) is 9.40. The second-order valence-electron chi connectivity index (χ2n) is 5.05. The number of thioether (sulfide) groups is 1. The summed E-state index contributed by atoms with van der Waals surface area (Å²) in [5.41, 5.74) is 5.60. The number of benzene rings is 1. The van der Waals surface area contributed by atoms with Crippen molar-refractivity contribution in [2.24, 2.45) is 0 Å². The van der Waals surface area contributed by atoms with Gasteiger partial charge in [0.15, 0.2) is 0 Å². The zero-order valence-electron chi connectivity index (χ0n) is 11.3. The van der Waals surface area contributed by atoms with E-state index in [-0.39, 0.29) is 16.6 Å². The molecule has 0 radical (unpaired) electrons. The molecule has 2 rings (SSSR count). The van der Waals surface area contributed by atoms with E-state index in [2.05, 4.69) is 11.0 Å². The van der Waals surface area contributed by atoms with Crippen molar-refractivity contribution in [3.8, 4) is 0 Å². The summed E-state index contributed by atoms with van der Waals surface area (Å²) in [4.78, 5) is -0.109. The lowest BCUT2D eigenvalue weighted by Crippen LogP contribution is -2.38. The van der Waals surface area contributed by atoms with Crippen molar-refractivity contribution in [2.75, 3.05) is 12.0 Å². The van der Waals surface area contributed by atoms with Crippen LogP contribution < -0.4 is 10.5 Å². The van der Waals surface area contributed by atoms with Gasteiger partial charge in [-0.3, -0.25) is 0 Å². The summed E-state index contributed by atoms with van der Waals surface area (Å²) in [6.07, 6.45) is 5.70. The Morgan fingerprint density at radius 1 is 1.25 bits per heavy atom. The van der Waals surface area contributed by atoms with E-state index in [1.165, 1.54) is 6.07 Å². The van der Waals surface area contributed by atoms with Crippen LogP contribution in [-0.4, -0.2) is 26.0 Å². The molecule has 1 aromatic carbocycles. The Kier molecular flexibility index (Phi) is 4.93. The minimum atomic E-state index is -3.71. The van der Waals surface area contributed by atoms with Crippen LogP contribution in [0.2, 0.25) is 0 Å². The average Bonchev–Trinajstić information content (AvgIpc) is 2.38. The predicted molar refractivity (Wildman–Crippen MR) is 80.7 cm³/mol. The Balaban J connectivity index is 2.08. The third-order valence-corrected chi connectivity index (χ3v) is 6.17. The summed E-state index contributed by atoms with van der Waals surface area (Å²) < 4.78 is 40.3. The molecule has 0 aromatic heterocycles. The molecule has 0 heterocycles. The van der Waals surface area contributed by atoms with Crippen LogP contribution in [0.15, 0.2) is 23.1 Å². The molecule has 1 aliphatic rings. The molecule has 0 bridgehead atoms. The first kappa shape index (κ1) is 15.6. The molecule has 7 heteroatoms. The van der Waals surface area contributed by atoms with Gasteiger partial charge in [-0.15, -0.1) is 0 Å². The van der Waals surface area contributed by atoms with Crippen LogP contribution in [0.4, 0.5) is 10.1 Å². The van der Waals surface area contributed by atoms with Crippen LogP contribution in [0.5, 0.6) is 0 Å². The van der Waals surface area contributed by atoms with Gasteiger partial charge < -0.3 is 5.73 Å². The van der Waals surface area contributed by atoms with Crippen molar-refractivity contribution in [2.45, 2.75) is 41.9 Å².